The first-order chi connectivity index (χ1) is 14.4. The van der Waals surface area contributed by atoms with Crippen LogP contribution in [0.4, 0.5) is 5.69 Å². The number of anilines is 1. The van der Waals surface area contributed by atoms with Crippen molar-refractivity contribution in [2.45, 2.75) is 13.8 Å². The van der Waals surface area contributed by atoms with Gasteiger partial charge >= 0.3 is 0 Å². The number of benzene rings is 3. The Morgan fingerprint density at radius 3 is 2.23 bits per heavy atom. The molecule has 0 radical (unpaired) electrons. The SMILES string of the molecule is Cc1cccc(C)c1NC(=O)c1nc(-c2ccc(Br)cc2)n(-c2ccc(Cl)cc2)n1. The zero-order valence-corrected chi connectivity index (χ0v) is 18.7. The molecule has 4 rings (SSSR count). The maximum absolute atomic E-state index is 13.0. The molecule has 0 spiro atoms. The molecule has 0 fully saturated rings. The van der Waals surface area contributed by atoms with Gasteiger partial charge in [-0.05, 0) is 61.4 Å². The van der Waals surface area contributed by atoms with Crippen molar-refractivity contribution in [1.29, 1.82) is 0 Å². The molecule has 0 aliphatic heterocycles. The Labute approximate surface area is 187 Å². The topological polar surface area (TPSA) is 59.8 Å². The van der Waals surface area contributed by atoms with Crippen LogP contribution in [0.25, 0.3) is 17.1 Å². The Balaban J connectivity index is 1.77. The van der Waals surface area contributed by atoms with E-state index in [9.17, 15) is 4.79 Å². The monoisotopic (exact) mass is 480 g/mol. The summed E-state index contributed by atoms with van der Waals surface area (Å²) in [6, 6.07) is 20.8. The van der Waals surface area contributed by atoms with Gasteiger partial charge in [0.25, 0.3) is 5.91 Å². The summed E-state index contributed by atoms with van der Waals surface area (Å²) in [4.78, 5) is 17.5. The van der Waals surface area contributed by atoms with Crippen LogP contribution in [0.15, 0.2) is 71.2 Å². The Morgan fingerprint density at radius 2 is 1.60 bits per heavy atom. The summed E-state index contributed by atoms with van der Waals surface area (Å²) in [5.41, 5.74) is 4.33. The van der Waals surface area contributed by atoms with Crippen molar-refractivity contribution in [3.8, 4) is 17.1 Å². The largest absolute Gasteiger partial charge is 0.319 e. The number of halogens is 2. The van der Waals surface area contributed by atoms with E-state index < -0.39 is 0 Å². The number of aromatic nitrogens is 3. The van der Waals surface area contributed by atoms with Crippen molar-refractivity contribution in [2.75, 3.05) is 5.32 Å². The predicted molar refractivity (Wildman–Crippen MR) is 123 cm³/mol. The van der Waals surface area contributed by atoms with E-state index in [-0.39, 0.29) is 11.7 Å². The van der Waals surface area contributed by atoms with Gasteiger partial charge in [-0.15, -0.1) is 5.10 Å². The Bertz CT molecular complexity index is 1130. The number of nitrogens with zero attached hydrogens (tertiary/aromatic N) is 3. The first kappa shape index (κ1) is 20.3. The fraction of sp³-hybridized carbons (Fsp3) is 0.0870. The van der Waals surface area contributed by atoms with E-state index in [1.54, 1.807) is 16.8 Å². The van der Waals surface area contributed by atoms with E-state index in [0.29, 0.717) is 10.8 Å². The third-order valence-corrected chi connectivity index (χ3v) is 5.48. The van der Waals surface area contributed by atoms with Crippen LogP contribution in [0.1, 0.15) is 21.7 Å². The molecule has 3 aromatic carbocycles. The second-order valence-electron chi connectivity index (χ2n) is 6.88. The van der Waals surface area contributed by atoms with Crippen LogP contribution in [-0.2, 0) is 0 Å². The van der Waals surface area contributed by atoms with Gasteiger partial charge in [-0.3, -0.25) is 4.79 Å². The molecule has 1 amide bonds. The minimum Gasteiger partial charge on any atom is -0.319 e. The minimum atomic E-state index is -0.363. The number of carbonyl (C=O) groups excluding carboxylic acids is 1. The lowest BCUT2D eigenvalue weighted by Gasteiger charge is -2.09. The minimum absolute atomic E-state index is 0.0884. The summed E-state index contributed by atoms with van der Waals surface area (Å²) in [6.07, 6.45) is 0. The summed E-state index contributed by atoms with van der Waals surface area (Å²) in [6.45, 7) is 3.91. The molecule has 0 bridgehead atoms. The lowest BCUT2D eigenvalue weighted by molar-refractivity contribution is 0.101. The Hall–Kier alpha value is -2.96. The molecular weight excluding hydrogens is 464 g/mol. The maximum atomic E-state index is 13.0. The highest BCUT2D eigenvalue weighted by Crippen LogP contribution is 2.25. The van der Waals surface area contributed by atoms with E-state index >= 15 is 0 Å². The Morgan fingerprint density at radius 1 is 0.967 bits per heavy atom. The molecule has 1 N–H and O–H groups in total. The molecule has 5 nitrogen and oxygen atoms in total. The number of aryl methyl sites for hydroxylation is 2. The zero-order chi connectivity index (χ0) is 21.3. The third-order valence-electron chi connectivity index (χ3n) is 4.70. The normalized spacial score (nSPS) is 10.8. The van der Waals surface area contributed by atoms with Gasteiger partial charge in [-0.2, -0.15) is 0 Å². The quantitative estimate of drug-likeness (QED) is 0.376. The van der Waals surface area contributed by atoms with Crippen LogP contribution in [-0.4, -0.2) is 20.7 Å². The average molecular weight is 482 g/mol. The van der Waals surface area contributed by atoms with Gasteiger partial charge in [-0.1, -0.05) is 57.9 Å². The van der Waals surface area contributed by atoms with Crippen LogP contribution in [0.5, 0.6) is 0 Å². The average Bonchev–Trinajstić information content (AvgIpc) is 3.17. The molecule has 0 saturated heterocycles. The number of amides is 1. The van der Waals surface area contributed by atoms with Crippen LogP contribution in [0, 0.1) is 13.8 Å². The van der Waals surface area contributed by atoms with E-state index in [1.807, 2.05) is 68.4 Å². The van der Waals surface area contributed by atoms with E-state index in [2.05, 4.69) is 31.3 Å². The van der Waals surface area contributed by atoms with Gasteiger partial charge in [0, 0.05) is 20.7 Å². The molecule has 0 aliphatic rings. The second kappa shape index (κ2) is 8.42. The van der Waals surface area contributed by atoms with Gasteiger partial charge in [0.05, 0.1) is 5.69 Å². The molecule has 1 aromatic heterocycles. The number of hydrogen-bond donors (Lipinski definition) is 1. The zero-order valence-electron chi connectivity index (χ0n) is 16.4. The molecule has 0 unspecified atom stereocenters. The number of nitrogens with one attached hydrogen (secondary N) is 1. The summed E-state index contributed by atoms with van der Waals surface area (Å²) in [5, 5.41) is 8.08. The van der Waals surface area contributed by atoms with E-state index in [4.69, 9.17) is 11.6 Å². The highest BCUT2D eigenvalue weighted by molar-refractivity contribution is 9.10. The van der Waals surface area contributed by atoms with Gasteiger partial charge < -0.3 is 5.32 Å². The number of hydrogen-bond acceptors (Lipinski definition) is 3. The highest BCUT2D eigenvalue weighted by Gasteiger charge is 2.20. The summed E-state index contributed by atoms with van der Waals surface area (Å²) in [7, 11) is 0. The Kier molecular flexibility index (Phi) is 5.70. The molecular formula is C23H18BrClN4O. The number of para-hydroxylation sites is 1. The standard InChI is InChI=1S/C23H18BrClN4O/c1-14-4-3-5-15(2)20(14)26-23(30)21-27-22(16-6-8-17(24)9-7-16)29(28-21)19-12-10-18(25)11-13-19/h3-13H,1-2H3,(H,26,30). The second-order valence-corrected chi connectivity index (χ2v) is 8.23. The molecule has 0 saturated carbocycles. The van der Waals surface area contributed by atoms with Crippen LogP contribution in [0.3, 0.4) is 0 Å². The summed E-state index contributed by atoms with van der Waals surface area (Å²) >= 11 is 9.48. The smallest absolute Gasteiger partial charge is 0.295 e. The number of rotatable bonds is 4. The van der Waals surface area contributed by atoms with E-state index in [1.165, 1.54) is 0 Å². The molecule has 4 aromatic rings. The van der Waals surface area contributed by atoms with Crippen molar-refractivity contribution in [3.05, 3.63) is 93.2 Å². The molecule has 0 aliphatic carbocycles. The lowest BCUT2D eigenvalue weighted by atomic mass is 10.1. The molecule has 0 atom stereocenters. The maximum Gasteiger partial charge on any atom is 0.295 e. The van der Waals surface area contributed by atoms with Gasteiger partial charge in [0.2, 0.25) is 5.82 Å². The fourth-order valence-corrected chi connectivity index (χ4v) is 3.53. The van der Waals surface area contributed by atoms with Gasteiger partial charge in [-0.25, -0.2) is 9.67 Å². The van der Waals surface area contributed by atoms with Crippen LogP contribution < -0.4 is 5.32 Å². The van der Waals surface area contributed by atoms with Crippen molar-refractivity contribution in [1.82, 2.24) is 14.8 Å². The first-order valence-electron chi connectivity index (χ1n) is 9.29. The van der Waals surface area contributed by atoms with Crippen molar-refractivity contribution in [3.63, 3.8) is 0 Å². The van der Waals surface area contributed by atoms with Crippen LogP contribution >= 0.6 is 27.5 Å². The molecule has 1 heterocycles. The van der Waals surface area contributed by atoms with Gasteiger partial charge in [0.15, 0.2) is 5.82 Å². The third kappa shape index (κ3) is 4.15. The van der Waals surface area contributed by atoms with Crippen molar-refractivity contribution >= 4 is 39.1 Å². The summed E-state index contributed by atoms with van der Waals surface area (Å²) in [5.74, 6) is 0.292. The lowest BCUT2D eigenvalue weighted by Crippen LogP contribution is -2.16. The summed E-state index contributed by atoms with van der Waals surface area (Å²) < 4.78 is 2.61. The number of carbonyl (C=O) groups is 1. The predicted octanol–water partition coefficient (Wildman–Crippen LogP) is 6.22. The fourth-order valence-electron chi connectivity index (χ4n) is 3.14. The molecule has 150 valence electrons. The van der Waals surface area contributed by atoms with Crippen molar-refractivity contribution < 1.29 is 4.79 Å². The van der Waals surface area contributed by atoms with Crippen molar-refractivity contribution in [2.24, 2.45) is 0 Å². The van der Waals surface area contributed by atoms with E-state index in [0.717, 1.165) is 32.5 Å². The molecule has 7 heteroatoms. The van der Waals surface area contributed by atoms with Gasteiger partial charge in [0.1, 0.15) is 0 Å². The highest BCUT2D eigenvalue weighted by atomic mass is 79.9. The molecule has 30 heavy (non-hydrogen) atoms. The first-order valence-corrected chi connectivity index (χ1v) is 10.5. The van der Waals surface area contributed by atoms with Crippen LogP contribution in [0.2, 0.25) is 5.02 Å².